The van der Waals surface area contributed by atoms with Crippen LogP contribution in [0.15, 0.2) is 12.1 Å². The van der Waals surface area contributed by atoms with Gasteiger partial charge in [0, 0.05) is 7.11 Å². The first kappa shape index (κ1) is 16.7. The summed E-state index contributed by atoms with van der Waals surface area (Å²) in [6, 6.07) is 3.57. The van der Waals surface area contributed by atoms with Gasteiger partial charge in [-0.3, -0.25) is 0 Å². The fourth-order valence-electron chi connectivity index (χ4n) is 2.43. The summed E-state index contributed by atoms with van der Waals surface area (Å²) >= 11 is 0. The molecule has 0 radical (unpaired) electrons. The van der Waals surface area contributed by atoms with Crippen LogP contribution < -0.4 is 0 Å². The Morgan fingerprint density at radius 1 is 1.05 bits per heavy atom. The third kappa shape index (κ3) is 3.60. The van der Waals surface area contributed by atoms with Crippen LogP contribution in [0.3, 0.4) is 0 Å². The number of carbonyl (C=O) groups is 1. The van der Waals surface area contributed by atoms with Gasteiger partial charge in [0.25, 0.3) is 0 Å². The minimum atomic E-state index is -0.884. The Morgan fingerprint density at radius 3 is 1.70 bits per heavy atom. The Balaban J connectivity index is 3.71. The van der Waals surface area contributed by atoms with Crippen molar-refractivity contribution in [1.82, 2.24) is 0 Å². The van der Waals surface area contributed by atoms with Crippen molar-refractivity contribution in [3.63, 3.8) is 0 Å². The molecule has 0 spiro atoms. The Hall–Kier alpha value is -1.35. The summed E-state index contributed by atoms with van der Waals surface area (Å²) < 4.78 is 5.35. The van der Waals surface area contributed by atoms with E-state index in [1.807, 2.05) is 0 Å². The zero-order chi connectivity index (χ0) is 15.7. The summed E-state index contributed by atoms with van der Waals surface area (Å²) in [5.74, 6) is -0.884. The third-order valence-corrected chi connectivity index (χ3v) is 3.40. The molecular formula is C17H26O3. The molecule has 0 saturated heterocycles. The molecule has 3 heteroatoms. The van der Waals surface area contributed by atoms with Gasteiger partial charge in [0.15, 0.2) is 0 Å². The average molecular weight is 278 g/mol. The molecule has 0 bridgehead atoms. The van der Waals surface area contributed by atoms with Crippen molar-refractivity contribution < 1.29 is 14.6 Å². The monoisotopic (exact) mass is 278 g/mol. The number of rotatable bonds is 3. The summed E-state index contributed by atoms with van der Waals surface area (Å²) in [7, 11) is 1.67. The number of benzene rings is 1. The second-order valence-corrected chi connectivity index (χ2v) is 7.29. The van der Waals surface area contributed by atoms with Gasteiger partial charge in [-0.2, -0.15) is 0 Å². The molecule has 0 amide bonds. The smallest absolute Gasteiger partial charge is 0.335 e. The molecule has 0 aliphatic carbocycles. The van der Waals surface area contributed by atoms with Crippen LogP contribution in [0.2, 0.25) is 0 Å². The minimum Gasteiger partial charge on any atom is -0.478 e. The molecule has 112 valence electrons. The van der Waals surface area contributed by atoms with Crippen molar-refractivity contribution in [2.75, 3.05) is 7.11 Å². The highest BCUT2D eigenvalue weighted by molar-refractivity contribution is 5.88. The molecule has 1 aromatic rings. The SMILES string of the molecule is COCc1c(C(C)(C)C)cc(C(=O)O)cc1C(C)(C)C. The molecule has 0 aliphatic heterocycles. The predicted octanol–water partition coefficient (Wildman–Crippen LogP) is 4.13. The van der Waals surface area contributed by atoms with E-state index in [-0.39, 0.29) is 10.8 Å². The van der Waals surface area contributed by atoms with E-state index in [2.05, 4.69) is 41.5 Å². The topological polar surface area (TPSA) is 46.5 Å². The van der Waals surface area contributed by atoms with Gasteiger partial charge in [-0.05, 0) is 39.7 Å². The quantitative estimate of drug-likeness (QED) is 0.904. The Labute approximate surface area is 122 Å². The van der Waals surface area contributed by atoms with Crippen LogP contribution in [0, 0.1) is 0 Å². The minimum absolute atomic E-state index is 0.126. The van der Waals surface area contributed by atoms with Crippen LogP contribution in [0.1, 0.15) is 68.6 Å². The summed E-state index contributed by atoms with van der Waals surface area (Å²) in [4.78, 5) is 11.4. The van der Waals surface area contributed by atoms with Crippen LogP contribution in [-0.4, -0.2) is 18.2 Å². The first-order chi connectivity index (χ1) is 8.98. The summed E-state index contributed by atoms with van der Waals surface area (Å²) in [5, 5.41) is 9.35. The maximum atomic E-state index is 11.4. The maximum Gasteiger partial charge on any atom is 0.335 e. The van der Waals surface area contributed by atoms with E-state index in [0.29, 0.717) is 12.2 Å². The van der Waals surface area contributed by atoms with Gasteiger partial charge in [-0.15, -0.1) is 0 Å². The summed E-state index contributed by atoms with van der Waals surface area (Å²) in [6.45, 7) is 13.1. The lowest BCUT2D eigenvalue weighted by Crippen LogP contribution is -2.23. The lowest BCUT2D eigenvalue weighted by atomic mass is 9.75. The zero-order valence-electron chi connectivity index (χ0n) is 13.6. The van der Waals surface area contributed by atoms with Crippen LogP contribution in [-0.2, 0) is 22.2 Å². The Kier molecular flexibility index (Phi) is 4.65. The van der Waals surface area contributed by atoms with Crippen molar-refractivity contribution in [1.29, 1.82) is 0 Å². The molecule has 0 aromatic heterocycles. The molecule has 1 rings (SSSR count). The average Bonchev–Trinajstić information content (AvgIpc) is 2.26. The van der Waals surface area contributed by atoms with Crippen LogP contribution in [0.25, 0.3) is 0 Å². The lowest BCUT2D eigenvalue weighted by Gasteiger charge is -2.30. The van der Waals surface area contributed by atoms with Gasteiger partial charge >= 0.3 is 5.97 Å². The number of carboxylic acid groups (broad SMARTS) is 1. The first-order valence-corrected chi connectivity index (χ1v) is 6.88. The lowest BCUT2D eigenvalue weighted by molar-refractivity contribution is 0.0696. The Morgan fingerprint density at radius 2 is 1.45 bits per heavy atom. The van der Waals surface area contributed by atoms with Gasteiger partial charge in [0.2, 0.25) is 0 Å². The van der Waals surface area contributed by atoms with Crippen LogP contribution >= 0.6 is 0 Å². The molecule has 0 saturated carbocycles. The predicted molar refractivity (Wildman–Crippen MR) is 81.5 cm³/mol. The standard InChI is InChI=1S/C17H26O3/c1-16(2,3)13-8-11(15(18)19)9-14(17(4,5)6)12(13)10-20-7/h8-9H,10H2,1-7H3,(H,18,19). The molecule has 0 atom stereocenters. The fourth-order valence-corrected chi connectivity index (χ4v) is 2.43. The summed E-state index contributed by atoms with van der Waals surface area (Å²) in [5.41, 5.74) is 3.30. The zero-order valence-corrected chi connectivity index (χ0v) is 13.6. The third-order valence-electron chi connectivity index (χ3n) is 3.40. The second-order valence-electron chi connectivity index (χ2n) is 7.29. The van der Waals surface area contributed by atoms with Gasteiger partial charge in [-0.25, -0.2) is 4.79 Å². The summed E-state index contributed by atoms with van der Waals surface area (Å²) in [6.07, 6.45) is 0. The molecule has 20 heavy (non-hydrogen) atoms. The fraction of sp³-hybridized carbons (Fsp3) is 0.588. The normalized spacial score (nSPS) is 12.6. The highest BCUT2D eigenvalue weighted by Crippen LogP contribution is 2.35. The van der Waals surface area contributed by atoms with Gasteiger partial charge < -0.3 is 9.84 Å². The van der Waals surface area contributed by atoms with Crippen molar-refractivity contribution in [3.8, 4) is 0 Å². The first-order valence-electron chi connectivity index (χ1n) is 6.88. The van der Waals surface area contributed by atoms with Gasteiger partial charge in [-0.1, -0.05) is 41.5 Å². The number of hydrogen-bond acceptors (Lipinski definition) is 2. The molecule has 0 aliphatic rings. The van der Waals surface area contributed by atoms with Crippen molar-refractivity contribution >= 4 is 5.97 Å². The molecule has 0 fully saturated rings. The van der Waals surface area contributed by atoms with Gasteiger partial charge in [0.05, 0.1) is 12.2 Å². The van der Waals surface area contributed by atoms with E-state index in [4.69, 9.17) is 4.74 Å². The van der Waals surface area contributed by atoms with Crippen LogP contribution in [0.5, 0.6) is 0 Å². The van der Waals surface area contributed by atoms with E-state index in [1.165, 1.54) is 0 Å². The maximum absolute atomic E-state index is 11.4. The molecule has 3 nitrogen and oxygen atoms in total. The number of hydrogen-bond donors (Lipinski definition) is 1. The molecule has 0 heterocycles. The van der Waals surface area contributed by atoms with E-state index >= 15 is 0 Å². The molecule has 1 aromatic carbocycles. The Bertz CT molecular complexity index is 467. The van der Waals surface area contributed by atoms with Crippen molar-refractivity contribution in [2.45, 2.75) is 59.0 Å². The number of carboxylic acids is 1. The van der Waals surface area contributed by atoms with E-state index in [0.717, 1.165) is 16.7 Å². The number of aromatic carboxylic acids is 1. The van der Waals surface area contributed by atoms with E-state index < -0.39 is 5.97 Å². The molecule has 0 unspecified atom stereocenters. The molecule has 1 N–H and O–H groups in total. The van der Waals surface area contributed by atoms with E-state index in [9.17, 15) is 9.90 Å². The molecular weight excluding hydrogens is 252 g/mol. The number of ether oxygens (including phenoxy) is 1. The largest absolute Gasteiger partial charge is 0.478 e. The number of methoxy groups -OCH3 is 1. The van der Waals surface area contributed by atoms with Crippen molar-refractivity contribution in [3.05, 3.63) is 34.4 Å². The van der Waals surface area contributed by atoms with Gasteiger partial charge in [0.1, 0.15) is 0 Å². The van der Waals surface area contributed by atoms with Crippen molar-refractivity contribution in [2.24, 2.45) is 0 Å². The van der Waals surface area contributed by atoms with Crippen LogP contribution in [0.4, 0.5) is 0 Å². The second kappa shape index (κ2) is 5.57. The highest BCUT2D eigenvalue weighted by Gasteiger charge is 2.27. The highest BCUT2D eigenvalue weighted by atomic mass is 16.5. The van der Waals surface area contributed by atoms with E-state index in [1.54, 1.807) is 19.2 Å².